The van der Waals surface area contributed by atoms with Crippen molar-refractivity contribution in [3.05, 3.63) is 42.9 Å². The lowest BCUT2D eigenvalue weighted by molar-refractivity contribution is 0.536. The van der Waals surface area contributed by atoms with Crippen LogP contribution < -0.4 is 5.73 Å². The molecule has 0 radical (unpaired) electrons. The molecule has 0 aliphatic heterocycles. The van der Waals surface area contributed by atoms with Crippen molar-refractivity contribution >= 4 is 16.9 Å². The van der Waals surface area contributed by atoms with Crippen LogP contribution in [0.5, 0.6) is 0 Å². The molecule has 3 aromatic rings. The Balaban J connectivity index is 1.98. The molecule has 0 saturated heterocycles. The molecule has 21 heavy (non-hydrogen) atoms. The van der Waals surface area contributed by atoms with Gasteiger partial charge >= 0.3 is 0 Å². The molecule has 1 aliphatic rings. The zero-order chi connectivity index (χ0) is 14.2. The average molecular weight is 278 g/mol. The Morgan fingerprint density at radius 1 is 1.05 bits per heavy atom. The molecular weight excluding hydrogens is 260 g/mol. The lowest BCUT2D eigenvalue weighted by Crippen LogP contribution is -2.05. The fourth-order valence-electron chi connectivity index (χ4n) is 3.41. The van der Waals surface area contributed by atoms with Gasteiger partial charge in [-0.3, -0.25) is 0 Å². The van der Waals surface area contributed by atoms with Crippen molar-refractivity contribution in [2.45, 2.75) is 31.7 Å². The maximum absolute atomic E-state index is 6.14. The first kappa shape index (κ1) is 12.4. The first-order valence-electron chi connectivity index (χ1n) is 7.51. The van der Waals surface area contributed by atoms with Crippen LogP contribution in [0.25, 0.3) is 22.2 Å². The smallest absolute Gasteiger partial charge is 0.151 e. The molecule has 2 aromatic heterocycles. The van der Waals surface area contributed by atoms with Crippen LogP contribution in [-0.4, -0.2) is 14.5 Å². The number of aromatic nitrogens is 3. The number of benzene rings is 1. The van der Waals surface area contributed by atoms with E-state index in [1.165, 1.54) is 31.2 Å². The zero-order valence-electron chi connectivity index (χ0n) is 11.9. The van der Waals surface area contributed by atoms with Gasteiger partial charge in [0, 0.05) is 17.8 Å². The van der Waals surface area contributed by atoms with E-state index in [1.807, 2.05) is 6.07 Å². The van der Waals surface area contributed by atoms with Gasteiger partial charge in [0.15, 0.2) is 5.82 Å². The Labute approximate surface area is 123 Å². The van der Waals surface area contributed by atoms with E-state index < -0.39 is 0 Å². The summed E-state index contributed by atoms with van der Waals surface area (Å²) in [5, 5.41) is 0. The first-order chi connectivity index (χ1) is 10.3. The van der Waals surface area contributed by atoms with Crippen molar-refractivity contribution in [3.8, 4) is 11.1 Å². The van der Waals surface area contributed by atoms with E-state index in [4.69, 9.17) is 5.73 Å². The maximum Gasteiger partial charge on any atom is 0.151 e. The Bertz CT molecular complexity index is 770. The molecule has 1 saturated carbocycles. The highest BCUT2D eigenvalue weighted by molar-refractivity contribution is 5.97. The predicted molar refractivity (Wildman–Crippen MR) is 84.9 cm³/mol. The molecule has 0 unspecified atom stereocenters. The monoisotopic (exact) mass is 278 g/mol. The number of nitrogens with two attached hydrogens (primary N) is 1. The topological polar surface area (TPSA) is 56.7 Å². The second kappa shape index (κ2) is 4.88. The number of hydrogen-bond donors (Lipinski definition) is 1. The standard InChI is InChI=1S/C17H18N4/c18-17-16-15(19-11-20-17)14(12-6-2-1-3-7-12)10-21(16)13-8-4-5-9-13/h1-3,6-7,10-11,13H,4-5,8-9H2,(H2,18,19,20). The number of rotatable bonds is 2. The van der Waals surface area contributed by atoms with Gasteiger partial charge in [-0.1, -0.05) is 43.2 Å². The van der Waals surface area contributed by atoms with Gasteiger partial charge in [0.2, 0.25) is 0 Å². The quantitative estimate of drug-likeness (QED) is 0.775. The molecule has 1 aliphatic carbocycles. The third-order valence-electron chi connectivity index (χ3n) is 4.43. The summed E-state index contributed by atoms with van der Waals surface area (Å²) in [6, 6.07) is 10.9. The van der Waals surface area contributed by atoms with Crippen LogP contribution in [0.3, 0.4) is 0 Å². The summed E-state index contributed by atoms with van der Waals surface area (Å²) in [7, 11) is 0. The summed E-state index contributed by atoms with van der Waals surface area (Å²) in [4.78, 5) is 8.69. The van der Waals surface area contributed by atoms with Crippen molar-refractivity contribution in [2.75, 3.05) is 5.73 Å². The van der Waals surface area contributed by atoms with Crippen molar-refractivity contribution in [1.82, 2.24) is 14.5 Å². The van der Waals surface area contributed by atoms with Gasteiger partial charge in [0.1, 0.15) is 17.4 Å². The minimum atomic E-state index is 0.526. The number of hydrogen-bond acceptors (Lipinski definition) is 3. The molecule has 106 valence electrons. The lowest BCUT2D eigenvalue weighted by Gasteiger charge is -2.13. The van der Waals surface area contributed by atoms with Gasteiger partial charge in [-0.05, 0) is 18.4 Å². The number of nitrogens with zero attached hydrogens (tertiary/aromatic N) is 3. The van der Waals surface area contributed by atoms with E-state index in [0.717, 1.165) is 16.6 Å². The Hall–Kier alpha value is -2.36. The Kier molecular flexibility index (Phi) is 2.88. The molecule has 2 N–H and O–H groups in total. The SMILES string of the molecule is Nc1ncnc2c(-c3ccccc3)cn(C3CCCC3)c12. The highest BCUT2D eigenvalue weighted by Gasteiger charge is 2.22. The van der Waals surface area contributed by atoms with Crippen molar-refractivity contribution < 1.29 is 0 Å². The average Bonchev–Trinajstić information content (AvgIpc) is 3.16. The van der Waals surface area contributed by atoms with Crippen LogP contribution in [0.4, 0.5) is 5.82 Å². The van der Waals surface area contributed by atoms with Gasteiger partial charge in [0.25, 0.3) is 0 Å². The van der Waals surface area contributed by atoms with Gasteiger partial charge in [-0.15, -0.1) is 0 Å². The van der Waals surface area contributed by atoms with Crippen LogP contribution in [-0.2, 0) is 0 Å². The number of nitrogen functional groups attached to an aromatic ring is 1. The molecular formula is C17H18N4. The number of fused-ring (bicyclic) bond motifs is 1. The molecule has 1 aromatic carbocycles. The second-order valence-corrected chi connectivity index (χ2v) is 5.71. The first-order valence-corrected chi connectivity index (χ1v) is 7.51. The normalized spacial score (nSPS) is 15.8. The largest absolute Gasteiger partial charge is 0.382 e. The van der Waals surface area contributed by atoms with Gasteiger partial charge < -0.3 is 10.3 Å². The van der Waals surface area contributed by atoms with Gasteiger partial charge in [-0.25, -0.2) is 9.97 Å². The highest BCUT2D eigenvalue weighted by Crippen LogP contribution is 2.38. The van der Waals surface area contributed by atoms with E-state index in [1.54, 1.807) is 6.33 Å². The molecule has 4 rings (SSSR count). The number of anilines is 1. The molecule has 1 fully saturated rings. The Morgan fingerprint density at radius 3 is 2.57 bits per heavy atom. The summed E-state index contributed by atoms with van der Waals surface area (Å²) >= 11 is 0. The Morgan fingerprint density at radius 2 is 1.81 bits per heavy atom. The fraction of sp³-hybridized carbons (Fsp3) is 0.294. The lowest BCUT2D eigenvalue weighted by atomic mass is 10.1. The molecule has 2 heterocycles. The van der Waals surface area contributed by atoms with Gasteiger partial charge in [0.05, 0.1) is 0 Å². The molecule has 0 amide bonds. The predicted octanol–water partition coefficient (Wildman–Crippen LogP) is 3.80. The fourth-order valence-corrected chi connectivity index (χ4v) is 3.41. The summed E-state index contributed by atoms with van der Waals surface area (Å²) in [6.07, 6.45) is 8.78. The van der Waals surface area contributed by atoms with Crippen LogP contribution in [0.15, 0.2) is 42.9 Å². The van der Waals surface area contributed by atoms with Crippen LogP contribution in [0, 0.1) is 0 Å². The highest BCUT2D eigenvalue weighted by atomic mass is 15.1. The van der Waals surface area contributed by atoms with Crippen LogP contribution >= 0.6 is 0 Å². The molecule has 0 spiro atoms. The minimum absolute atomic E-state index is 0.526. The van der Waals surface area contributed by atoms with Crippen LogP contribution in [0.2, 0.25) is 0 Å². The van der Waals surface area contributed by atoms with Crippen molar-refractivity contribution in [1.29, 1.82) is 0 Å². The third kappa shape index (κ3) is 1.98. The summed E-state index contributed by atoms with van der Waals surface area (Å²) in [5.74, 6) is 0.578. The molecule has 0 atom stereocenters. The van der Waals surface area contributed by atoms with E-state index in [-0.39, 0.29) is 0 Å². The third-order valence-corrected chi connectivity index (χ3v) is 4.43. The van der Waals surface area contributed by atoms with E-state index >= 15 is 0 Å². The molecule has 0 bridgehead atoms. The summed E-state index contributed by atoms with van der Waals surface area (Å²) < 4.78 is 2.31. The van der Waals surface area contributed by atoms with E-state index in [9.17, 15) is 0 Å². The van der Waals surface area contributed by atoms with Crippen molar-refractivity contribution in [3.63, 3.8) is 0 Å². The second-order valence-electron chi connectivity index (χ2n) is 5.71. The maximum atomic E-state index is 6.14. The van der Waals surface area contributed by atoms with E-state index in [0.29, 0.717) is 11.9 Å². The summed E-state index contributed by atoms with van der Waals surface area (Å²) in [6.45, 7) is 0. The zero-order valence-corrected chi connectivity index (χ0v) is 11.9. The molecule has 4 nitrogen and oxygen atoms in total. The van der Waals surface area contributed by atoms with Crippen LogP contribution in [0.1, 0.15) is 31.7 Å². The molecule has 4 heteroatoms. The van der Waals surface area contributed by atoms with E-state index in [2.05, 4.69) is 45.0 Å². The summed E-state index contributed by atoms with van der Waals surface area (Å²) in [5.41, 5.74) is 10.4. The van der Waals surface area contributed by atoms with Gasteiger partial charge in [-0.2, -0.15) is 0 Å². The van der Waals surface area contributed by atoms with Crippen molar-refractivity contribution in [2.24, 2.45) is 0 Å². The minimum Gasteiger partial charge on any atom is -0.382 e.